The Bertz CT molecular complexity index is 712. The van der Waals surface area contributed by atoms with Crippen LogP contribution in [0.15, 0.2) is 60.7 Å². The summed E-state index contributed by atoms with van der Waals surface area (Å²) in [5.41, 5.74) is 1.15. The van der Waals surface area contributed by atoms with Gasteiger partial charge in [0.15, 0.2) is 0 Å². The van der Waals surface area contributed by atoms with Crippen LogP contribution in [0, 0.1) is 0 Å². The fourth-order valence-electron chi connectivity index (χ4n) is 1.62. The number of benzene rings is 2. The van der Waals surface area contributed by atoms with E-state index in [9.17, 15) is 9.59 Å². The molecule has 0 aliphatic carbocycles. The second-order valence-corrected chi connectivity index (χ2v) is 5.20. The molecule has 2 aromatic rings. The van der Waals surface area contributed by atoms with Gasteiger partial charge in [-0.2, -0.15) is 0 Å². The number of rotatable bonds is 4. The van der Waals surface area contributed by atoms with Crippen molar-refractivity contribution in [1.82, 2.24) is 0 Å². The molecule has 6 heteroatoms. The molecule has 0 aliphatic rings. The van der Waals surface area contributed by atoms with Crippen LogP contribution in [0.25, 0.3) is 0 Å². The monoisotopic (exact) mass is 334 g/mol. The standard InChI is InChI=1S/C16H12Cl2N2O2/c17-11-4-6-13(7-5-11)19-15(21)8-9-16(22)20-14-3-1-2-12(18)10-14/h1-10H,(H,19,21)(H,20,22). The molecular formula is C16H12Cl2N2O2. The molecule has 0 spiro atoms. The molecule has 0 bridgehead atoms. The average molecular weight is 335 g/mol. The van der Waals surface area contributed by atoms with Gasteiger partial charge in [-0.25, -0.2) is 0 Å². The van der Waals surface area contributed by atoms with Crippen molar-refractivity contribution in [2.75, 3.05) is 10.6 Å². The van der Waals surface area contributed by atoms with Crippen LogP contribution >= 0.6 is 23.2 Å². The Balaban J connectivity index is 1.89. The Hall–Kier alpha value is -2.30. The van der Waals surface area contributed by atoms with E-state index in [-0.39, 0.29) is 0 Å². The van der Waals surface area contributed by atoms with Crippen LogP contribution in [-0.2, 0) is 9.59 Å². The van der Waals surface area contributed by atoms with Crippen LogP contribution in [0.3, 0.4) is 0 Å². The second-order valence-electron chi connectivity index (χ2n) is 4.33. The first-order valence-corrected chi connectivity index (χ1v) is 7.10. The van der Waals surface area contributed by atoms with Gasteiger partial charge in [-0.15, -0.1) is 0 Å². The average Bonchev–Trinajstić information content (AvgIpc) is 2.48. The number of halogens is 2. The van der Waals surface area contributed by atoms with Gasteiger partial charge < -0.3 is 10.6 Å². The van der Waals surface area contributed by atoms with Crippen molar-refractivity contribution in [2.24, 2.45) is 0 Å². The first kappa shape index (κ1) is 16.1. The first-order chi connectivity index (χ1) is 10.5. The highest BCUT2D eigenvalue weighted by molar-refractivity contribution is 6.31. The minimum atomic E-state index is -0.423. The normalized spacial score (nSPS) is 10.5. The zero-order chi connectivity index (χ0) is 15.9. The van der Waals surface area contributed by atoms with Crippen LogP contribution in [0.2, 0.25) is 10.0 Å². The van der Waals surface area contributed by atoms with Crippen LogP contribution in [0.1, 0.15) is 0 Å². The minimum Gasteiger partial charge on any atom is -0.323 e. The second kappa shape index (κ2) is 7.64. The molecule has 2 aromatic carbocycles. The molecule has 4 nitrogen and oxygen atoms in total. The predicted octanol–water partition coefficient (Wildman–Crippen LogP) is 4.13. The summed E-state index contributed by atoms with van der Waals surface area (Å²) in [6, 6.07) is 13.4. The molecule has 2 amide bonds. The van der Waals surface area contributed by atoms with Gasteiger partial charge >= 0.3 is 0 Å². The smallest absolute Gasteiger partial charge is 0.248 e. The summed E-state index contributed by atoms with van der Waals surface area (Å²) < 4.78 is 0. The van der Waals surface area contributed by atoms with Crippen molar-refractivity contribution in [3.8, 4) is 0 Å². The number of carbonyl (C=O) groups excluding carboxylic acids is 2. The number of amides is 2. The summed E-state index contributed by atoms with van der Waals surface area (Å²) in [6.07, 6.45) is 2.29. The third kappa shape index (κ3) is 5.24. The van der Waals surface area contributed by atoms with Crippen molar-refractivity contribution in [2.45, 2.75) is 0 Å². The van der Waals surface area contributed by atoms with Gasteiger partial charge in [0.2, 0.25) is 11.8 Å². The van der Waals surface area contributed by atoms with E-state index in [4.69, 9.17) is 23.2 Å². The lowest BCUT2D eigenvalue weighted by molar-refractivity contribution is -0.114. The van der Waals surface area contributed by atoms with Crippen molar-refractivity contribution >= 4 is 46.4 Å². The lowest BCUT2D eigenvalue weighted by Crippen LogP contribution is -2.12. The first-order valence-electron chi connectivity index (χ1n) is 6.34. The quantitative estimate of drug-likeness (QED) is 0.826. The molecule has 0 aromatic heterocycles. The van der Waals surface area contributed by atoms with Crippen molar-refractivity contribution in [3.63, 3.8) is 0 Å². The van der Waals surface area contributed by atoms with Crippen LogP contribution < -0.4 is 10.6 Å². The number of anilines is 2. The maximum Gasteiger partial charge on any atom is 0.248 e. The molecule has 0 saturated carbocycles. The highest BCUT2D eigenvalue weighted by Gasteiger charge is 2.01. The minimum absolute atomic E-state index is 0.413. The van der Waals surface area contributed by atoms with E-state index in [2.05, 4.69) is 10.6 Å². The van der Waals surface area contributed by atoms with E-state index < -0.39 is 11.8 Å². The maximum atomic E-state index is 11.7. The van der Waals surface area contributed by atoms with Crippen molar-refractivity contribution in [3.05, 3.63) is 70.7 Å². The van der Waals surface area contributed by atoms with Crippen LogP contribution in [0.4, 0.5) is 11.4 Å². The maximum absolute atomic E-state index is 11.7. The van der Waals surface area contributed by atoms with Gasteiger partial charge in [-0.3, -0.25) is 9.59 Å². The lowest BCUT2D eigenvalue weighted by Gasteiger charge is -2.03. The molecule has 0 fully saturated rings. The SMILES string of the molecule is O=C(C=CC(=O)Nc1cccc(Cl)c1)Nc1ccc(Cl)cc1. The Labute approximate surface area is 137 Å². The van der Waals surface area contributed by atoms with E-state index in [1.807, 2.05) is 0 Å². The van der Waals surface area contributed by atoms with Gasteiger partial charge in [0, 0.05) is 33.6 Å². The Morgan fingerprint density at radius 2 is 1.36 bits per heavy atom. The highest BCUT2D eigenvalue weighted by Crippen LogP contribution is 2.15. The number of carbonyl (C=O) groups is 2. The Kier molecular flexibility index (Phi) is 5.58. The van der Waals surface area contributed by atoms with Crippen molar-refractivity contribution in [1.29, 1.82) is 0 Å². The van der Waals surface area contributed by atoms with E-state index in [1.54, 1.807) is 48.5 Å². The molecule has 0 aliphatic heterocycles. The molecule has 2 rings (SSSR count). The fraction of sp³-hybridized carbons (Fsp3) is 0. The summed E-state index contributed by atoms with van der Waals surface area (Å²) in [5, 5.41) is 6.31. The van der Waals surface area contributed by atoms with Gasteiger partial charge in [0.25, 0.3) is 0 Å². The highest BCUT2D eigenvalue weighted by atomic mass is 35.5. The lowest BCUT2D eigenvalue weighted by atomic mass is 10.3. The van der Waals surface area contributed by atoms with Gasteiger partial charge in [-0.05, 0) is 42.5 Å². The van der Waals surface area contributed by atoms with Crippen molar-refractivity contribution < 1.29 is 9.59 Å². The largest absolute Gasteiger partial charge is 0.323 e. The summed E-state index contributed by atoms with van der Waals surface area (Å²) in [4.78, 5) is 23.4. The van der Waals surface area contributed by atoms with E-state index in [0.717, 1.165) is 12.2 Å². The van der Waals surface area contributed by atoms with Gasteiger partial charge in [0.1, 0.15) is 0 Å². The molecule has 0 radical (unpaired) electrons. The third-order valence-electron chi connectivity index (χ3n) is 2.59. The zero-order valence-electron chi connectivity index (χ0n) is 11.3. The number of nitrogens with one attached hydrogen (secondary N) is 2. The molecular weight excluding hydrogens is 323 g/mol. The van der Waals surface area contributed by atoms with E-state index >= 15 is 0 Å². The molecule has 0 saturated heterocycles. The molecule has 2 N–H and O–H groups in total. The third-order valence-corrected chi connectivity index (χ3v) is 3.08. The number of hydrogen-bond donors (Lipinski definition) is 2. The zero-order valence-corrected chi connectivity index (χ0v) is 12.9. The molecule has 112 valence electrons. The summed E-state index contributed by atoms with van der Waals surface area (Å²) in [5.74, 6) is -0.836. The van der Waals surface area contributed by atoms with Crippen LogP contribution in [0.5, 0.6) is 0 Å². The Morgan fingerprint density at radius 3 is 1.95 bits per heavy atom. The van der Waals surface area contributed by atoms with Crippen LogP contribution in [-0.4, -0.2) is 11.8 Å². The molecule has 0 unspecified atom stereocenters. The summed E-state index contributed by atoms with van der Waals surface area (Å²) in [7, 11) is 0. The fourth-order valence-corrected chi connectivity index (χ4v) is 1.93. The molecule has 22 heavy (non-hydrogen) atoms. The summed E-state index contributed by atoms with van der Waals surface area (Å²) >= 11 is 11.6. The summed E-state index contributed by atoms with van der Waals surface area (Å²) in [6.45, 7) is 0. The topological polar surface area (TPSA) is 58.2 Å². The van der Waals surface area contributed by atoms with Gasteiger partial charge in [-0.1, -0.05) is 29.3 Å². The van der Waals surface area contributed by atoms with Gasteiger partial charge in [0.05, 0.1) is 0 Å². The Morgan fingerprint density at radius 1 is 0.773 bits per heavy atom. The molecule has 0 heterocycles. The number of hydrogen-bond acceptors (Lipinski definition) is 2. The van der Waals surface area contributed by atoms with E-state index in [0.29, 0.717) is 21.4 Å². The predicted molar refractivity (Wildman–Crippen MR) is 89.3 cm³/mol. The van der Waals surface area contributed by atoms with E-state index in [1.165, 1.54) is 0 Å². The molecule has 0 atom stereocenters.